The fraction of sp³-hybridized carbons (Fsp3) is 0.346. The van der Waals surface area contributed by atoms with E-state index in [1.165, 1.54) is 12.1 Å². The standard InChI is InChI=1S/C26H29FN2O2.ClH/c1-18(2)29-13-11-24(12-14-29)31-25-10-7-20-15-22(6-5-21(20)16-25)26(30)28-17-19-3-8-23(27)9-4-19;/h3-10,15-16,18,24H,11-14,17H2,1-2H3,(H,28,30);1H. The lowest BCUT2D eigenvalue weighted by molar-refractivity contribution is 0.0844. The molecule has 0 atom stereocenters. The molecule has 0 aliphatic carbocycles. The Labute approximate surface area is 195 Å². The number of nitrogens with one attached hydrogen (secondary N) is 1. The van der Waals surface area contributed by atoms with Crippen LogP contribution in [0.3, 0.4) is 0 Å². The second-order valence-electron chi connectivity index (χ2n) is 8.48. The molecule has 170 valence electrons. The maximum absolute atomic E-state index is 13.0. The van der Waals surface area contributed by atoms with Crippen LogP contribution in [0.25, 0.3) is 10.8 Å². The SMILES string of the molecule is CC(C)N1CCC(Oc2ccc3cc(C(=O)NCc4ccc(F)cc4)ccc3c2)CC1.Cl. The Hall–Kier alpha value is -2.63. The van der Waals surface area contributed by atoms with Crippen LogP contribution in [-0.2, 0) is 6.54 Å². The molecule has 3 aromatic rings. The van der Waals surface area contributed by atoms with Crippen molar-refractivity contribution in [2.24, 2.45) is 0 Å². The molecule has 0 bridgehead atoms. The van der Waals surface area contributed by atoms with E-state index in [9.17, 15) is 9.18 Å². The van der Waals surface area contributed by atoms with Crippen LogP contribution >= 0.6 is 12.4 Å². The monoisotopic (exact) mass is 456 g/mol. The zero-order valence-electron chi connectivity index (χ0n) is 18.5. The van der Waals surface area contributed by atoms with E-state index in [-0.39, 0.29) is 30.2 Å². The number of piperidine rings is 1. The Kier molecular flexibility index (Phi) is 8.10. The molecule has 1 fully saturated rings. The zero-order chi connectivity index (χ0) is 21.8. The average Bonchev–Trinajstić information content (AvgIpc) is 2.78. The van der Waals surface area contributed by atoms with E-state index in [0.717, 1.165) is 48.0 Å². The van der Waals surface area contributed by atoms with Crippen LogP contribution in [0.2, 0.25) is 0 Å². The van der Waals surface area contributed by atoms with Gasteiger partial charge in [0, 0.05) is 31.2 Å². The normalized spacial score (nSPS) is 14.9. The lowest BCUT2D eigenvalue weighted by Crippen LogP contribution is -2.41. The van der Waals surface area contributed by atoms with Crippen molar-refractivity contribution in [1.82, 2.24) is 10.2 Å². The first-order valence-corrected chi connectivity index (χ1v) is 10.9. The fourth-order valence-corrected chi connectivity index (χ4v) is 4.03. The summed E-state index contributed by atoms with van der Waals surface area (Å²) in [6.07, 6.45) is 2.34. The predicted molar refractivity (Wildman–Crippen MR) is 129 cm³/mol. The molecule has 32 heavy (non-hydrogen) atoms. The fourth-order valence-electron chi connectivity index (χ4n) is 4.03. The van der Waals surface area contributed by atoms with E-state index in [1.54, 1.807) is 12.1 Å². The number of ether oxygens (including phenoxy) is 1. The number of benzene rings is 3. The summed E-state index contributed by atoms with van der Waals surface area (Å²) in [4.78, 5) is 15.0. The van der Waals surface area contributed by atoms with Gasteiger partial charge in [-0.3, -0.25) is 4.79 Å². The van der Waals surface area contributed by atoms with Gasteiger partial charge in [-0.2, -0.15) is 0 Å². The lowest BCUT2D eigenvalue weighted by atomic mass is 10.0. The van der Waals surface area contributed by atoms with Crippen molar-refractivity contribution in [2.45, 2.75) is 45.4 Å². The minimum absolute atomic E-state index is 0. The average molecular weight is 457 g/mol. The number of hydrogen-bond acceptors (Lipinski definition) is 3. The van der Waals surface area contributed by atoms with Gasteiger partial charge in [-0.05, 0) is 79.4 Å². The Morgan fingerprint density at radius 3 is 2.38 bits per heavy atom. The van der Waals surface area contributed by atoms with Gasteiger partial charge < -0.3 is 15.0 Å². The van der Waals surface area contributed by atoms with Crippen molar-refractivity contribution < 1.29 is 13.9 Å². The van der Waals surface area contributed by atoms with E-state index in [2.05, 4.69) is 24.1 Å². The molecule has 1 saturated heterocycles. The highest BCUT2D eigenvalue weighted by Crippen LogP contribution is 2.25. The summed E-state index contributed by atoms with van der Waals surface area (Å²) in [6.45, 7) is 6.99. The molecule has 0 spiro atoms. The lowest BCUT2D eigenvalue weighted by Gasteiger charge is -2.34. The van der Waals surface area contributed by atoms with Gasteiger partial charge in [0.2, 0.25) is 0 Å². The van der Waals surface area contributed by atoms with Crippen molar-refractivity contribution >= 4 is 29.1 Å². The number of likely N-dealkylation sites (tertiary alicyclic amines) is 1. The van der Waals surface area contributed by atoms with Crippen LogP contribution in [0, 0.1) is 5.82 Å². The highest BCUT2D eigenvalue weighted by molar-refractivity contribution is 5.98. The van der Waals surface area contributed by atoms with Crippen LogP contribution in [-0.4, -0.2) is 36.0 Å². The number of carbonyl (C=O) groups is 1. The third-order valence-electron chi connectivity index (χ3n) is 5.95. The first-order chi connectivity index (χ1) is 15.0. The number of rotatable bonds is 6. The predicted octanol–water partition coefficient (Wildman–Crippen LogP) is 5.58. The van der Waals surface area contributed by atoms with Gasteiger partial charge in [0.05, 0.1) is 0 Å². The second kappa shape index (κ2) is 10.8. The van der Waals surface area contributed by atoms with Crippen LogP contribution in [0.4, 0.5) is 4.39 Å². The van der Waals surface area contributed by atoms with Gasteiger partial charge in [0.15, 0.2) is 0 Å². The summed E-state index contributed by atoms with van der Waals surface area (Å²) in [5.41, 5.74) is 1.46. The molecule has 1 N–H and O–H groups in total. The molecule has 1 heterocycles. The summed E-state index contributed by atoms with van der Waals surface area (Å²) < 4.78 is 19.2. The highest BCUT2D eigenvalue weighted by Gasteiger charge is 2.22. The smallest absolute Gasteiger partial charge is 0.251 e. The molecule has 0 aromatic heterocycles. The quantitative estimate of drug-likeness (QED) is 0.526. The molecular weight excluding hydrogens is 427 g/mol. The number of fused-ring (bicyclic) bond motifs is 1. The van der Waals surface area contributed by atoms with Gasteiger partial charge >= 0.3 is 0 Å². The zero-order valence-corrected chi connectivity index (χ0v) is 19.3. The van der Waals surface area contributed by atoms with Crippen molar-refractivity contribution in [2.75, 3.05) is 13.1 Å². The van der Waals surface area contributed by atoms with Gasteiger partial charge in [-0.1, -0.05) is 24.3 Å². The molecule has 0 unspecified atom stereocenters. The molecule has 1 aliphatic heterocycles. The Balaban J connectivity index is 0.00000289. The number of carbonyl (C=O) groups excluding carboxylic acids is 1. The van der Waals surface area contributed by atoms with E-state index in [4.69, 9.17) is 4.74 Å². The largest absolute Gasteiger partial charge is 0.490 e. The third-order valence-corrected chi connectivity index (χ3v) is 5.95. The van der Waals surface area contributed by atoms with Crippen LogP contribution in [0.15, 0.2) is 60.7 Å². The Morgan fingerprint density at radius 1 is 1.03 bits per heavy atom. The number of amides is 1. The second-order valence-corrected chi connectivity index (χ2v) is 8.48. The highest BCUT2D eigenvalue weighted by atomic mass is 35.5. The molecule has 3 aromatic carbocycles. The maximum atomic E-state index is 13.0. The number of hydrogen-bond donors (Lipinski definition) is 1. The van der Waals surface area contributed by atoms with E-state index in [1.807, 2.05) is 36.4 Å². The Bertz CT molecular complexity index is 1050. The van der Waals surface area contributed by atoms with Crippen LogP contribution < -0.4 is 10.1 Å². The number of nitrogens with zero attached hydrogens (tertiary/aromatic N) is 1. The van der Waals surface area contributed by atoms with E-state index >= 15 is 0 Å². The van der Waals surface area contributed by atoms with Gasteiger partial charge in [0.1, 0.15) is 17.7 Å². The van der Waals surface area contributed by atoms with E-state index in [0.29, 0.717) is 18.2 Å². The van der Waals surface area contributed by atoms with Crippen molar-refractivity contribution in [3.63, 3.8) is 0 Å². The summed E-state index contributed by atoms with van der Waals surface area (Å²) >= 11 is 0. The molecular formula is C26H30ClFN2O2. The van der Waals surface area contributed by atoms with Gasteiger partial charge in [-0.25, -0.2) is 4.39 Å². The summed E-state index contributed by atoms with van der Waals surface area (Å²) in [6, 6.07) is 18.4. The molecule has 0 radical (unpaired) electrons. The van der Waals surface area contributed by atoms with Crippen molar-refractivity contribution in [3.05, 3.63) is 77.6 Å². The summed E-state index contributed by atoms with van der Waals surface area (Å²) in [5.74, 6) is 0.446. The molecule has 6 heteroatoms. The molecule has 0 saturated carbocycles. The third kappa shape index (κ3) is 5.99. The minimum Gasteiger partial charge on any atom is -0.490 e. The molecule has 4 rings (SSSR count). The van der Waals surface area contributed by atoms with Crippen LogP contribution in [0.1, 0.15) is 42.6 Å². The minimum atomic E-state index is -0.283. The van der Waals surface area contributed by atoms with Crippen LogP contribution in [0.5, 0.6) is 5.75 Å². The maximum Gasteiger partial charge on any atom is 0.251 e. The molecule has 1 amide bonds. The topological polar surface area (TPSA) is 41.6 Å². The van der Waals surface area contributed by atoms with Gasteiger partial charge in [-0.15, -0.1) is 12.4 Å². The van der Waals surface area contributed by atoms with Gasteiger partial charge in [0.25, 0.3) is 5.91 Å². The first kappa shape index (κ1) is 24.0. The molecule has 4 nitrogen and oxygen atoms in total. The summed E-state index contributed by atoms with van der Waals surface area (Å²) in [7, 11) is 0. The van der Waals surface area contributed by atoms with Crippen molar-refractivity contribution in [1.29, 1.82) is 0 Å². The van der Waals surface area contributed by atoms with E-state index < -0.39 is 0 Å². The molecule has 1 aliphatic rings. The number of halogens is 2. The van der Waals surface area contributed by atoms with Crippen molar-refractivity contribution in [3.8, 4) is 5.75 Å². The summed E-state index contributed by atoms with van der Waals surface area (Å²) in [5, 5.41) is 4.93. The first-order valence-electron chi connectivity index (χ1n) is 10.9. The Morgan fingerprint density at radius 2 is 1.69 bits per heavy atom.